The van der Waals surface area contributed by atoms with Crippen molar-refractivity contribution in [3.8, 4) is 0 Å². The molecule has 0 radical (unpaired) electrons. The number of allylic oxidation sites excluding steroid dienone is 1. The second kappa shape index (κ2) is 9.55. The van der Waals surface area contributed by atoms with Gasteiger partial charge in [0.25, 0.3) is 0 Å². The Labute approximate surface area is 160 Å². The molecule has 0 aliphatic carbocycles. The molecule has 0 aromatic heterocycles. The van der Waals surface area contributed by atoms with Crippen LogP contribution >= 0.6 is 0 Å². The quantitative estimate of drug-likeness (QED) is 0.710. The molecule has 1 aromatic rings. The Morgan fingerprint density at radius 2 is 1.78 bits per heavy atom. The van der Waals surface area contributed by atoms with E-state index in [-0.39, 0.29) is 17.2 Å². The van der Waals surface area contributed by atoms with Crippen molar-refractivity contribution in [3.63, 3.8) is 0 Å². The number of amides is 1. The van der Waals surface area contributed by atoms with Crippen molar-refractivity contribution in [2.75, 3.05) is 7.11 Å². The molecular weight excluding hydrogens is 370 g/mol. The third kappa shape index (κ3) is 8.25. The Bertz CT molecular complexity index is 765. The second-order valence-electron chi connectivity index (χ2n) is 7.12. The van der Waals surface area contributed by atoms with Crippen LogP contribution in [0.3, 0.4) is 0 Å². The molecule has 0 aliphatic heterocycles. The minimum Gasteiger partial charge on any atom is -0.467 e. The van der Waals surface area contributed by atoms with Gasteiger partial charge in [-0.3, -0.25) is 0 Å². The minimum atomic E-state index is -3.57. The summed E-state index contributed by atoms with van der Waals surface area (Å²) in [6.07, 6.45) is 0.896. The molecule has 7 nitrogen and oxygen atoms in total. The van der Waals surface area contributed by atoms with E-state index in [0.717, 1.165) is 5.41 Å². The van der Waals surface area contributed by atoms with Crippen molar-refractivity contribution < 1.29 is 27.5 Å². The van der Waals surface area contributed by atoms with E-state index >= 15 is 0 Å². The highest BCUT2D eigenvalue weighted by atomic mass is 32.2. The van der Waals surface area contributed by atoms with Crippen molar-refractivity contribution in [1.29, 1.82) is 0 Å². The summed E-state index contributed by atoms with van der Waals surface area (Å²) in [5, 5.41) is 3.57. The Morgan fingerprint density at radius 3 is 2.30 bits per heavy atom. The second-order valence-corrected chi connectivity index (χ2v) is 8.96. The normalized spacial score (nSPS) is 14.4. The first-order chi connectivity index (χ1) is 12.4. The van der Waals surface area contributed by atoms with Gasteiger partial charge in [0.05, 0.1) is 12.0 Å². The number of esters is 1. The summed E-state index contributed by atoms with van der Waals surface area (Å²) in [6.45, 7) is 6.86. The molecule has 2 atom stereocenters. The largest absolute Gasteiger partial charge is 0.467 e. The molecule has 27 heavy (non-hydrogen) atoms. The Balaban J connectivity index is 2.80. The Kier molecular flexibility index (Phi) is 8.02. The molecule has 1 rings (SSSR count). The number of benzene rings is 1. The number of ether oxygens (including phenoxy) is 2. The van der Waals surface area contributed by atoms with Gasteiger partial charge >= 0.3 is 12.1 Å². The van der Waals surface area contributed by atoms with Crippen molar-refractivity contribution in [3.05, 3.63) is 41.8 Å². The van der Waals surface area contributed by atoms with Gasteiger partial charge in [0.1, 0.15) is 11.6 Å². The fourth-order valence-corrected chi connectivity index (χ4v) is 3.35. The van der Waals surface area contributed by atoms with Gasteiger partial charge in [-0.2, -0.15) is 0 Å². The highest BCUT2D eigenvalue weighted by molar-refractivity contribution is 7.94. The molecule has 8 heteroatoms. The van der Waals surface area contributed by atoms with E-state index in [4.69, 9.17) is 9.47 Å². The molecule has 0 bridgehead atoms. The van der Waals surface area contributed by atoms with Crippen LogP contribution in [0.1, 0.15) is 34.1 Å². The molecule has 0 fully saturated rings. The van der Waals surface area contributed by atoms with Crippen molar-refractivity contribution in [2.45, 2.75) is 50.7 Å². The van der Waals surface area contributed by atoms with Gasteiger partial charge in [-0.15, -0.1) is 0 Å². The number of hydrogen-bond acceptors (Lipinski definition) is 6. The van der Waals surface area contributed by atoms with E-state index in [9.17, 15) is 18.0 Å². The number of hydrogen-bond donors (Lipinski definition) is 1. The first kappa shape index (κ1) is 22.7. The summed E-state index contributed by atoms with van der Waals surface area (Å²) >= 11 is 0. The summed E-state index contributed by atoms with van der Waals surface area (Å²) in [6, 6.07) is 7.07. The molecule has 0 unspecified atom stereocenters. The van der Waals surface area contributed by atoms with Crippen LogP contribution < -0.4 is 5.32 Å². The molecule has 0 saturated carbocycles. The lowest BCUT2D eigenvalue weighted by molar-refractivity contribution is -0.143. The van der Waals surface area contributed by atoms with Gasteiger partial charge in [0.15, 0.2) is 9.84 Å². The van der Waals surface area contributed by atoms with Crippen LogP contribution in [0.15, 0.2) is 46.7 Å². The zero-order valence-corrected chi connectivity index (χ0v) is 17.1. The number of alkyl carbamates (subject to hydrolysis) is 1. The average molecular weight is 397 g/mol. The maximum absolute atomic E-state index is 12.3. The first-order valence-corrected chi connectivity index (χ1v) is 10.0. The number of carbonyl (C=O) groups is 2. The van der Waals surface area contributed by atoms with Gasteiger partial charge in [0, 0.05) is 5.41 Å². The zero-order chi connectivity index (χ0) is 20.7. The van der Waals surface area contributed by atoms with E-state index in [1.54, 1.807) is 45.9 Å². The number of sulfone groups is 1. The van der Waals surface area contributed by atoms with Crippen LogP contribution in [0, 0.1) is 5.92 Å². The molecule has 150 valence electrons. The maximum atomic E-state index is 12.3. The molecule has 1 aromatic carbocycles. The van der Waals surface area contributed by atoms with E-state index in [0.29, 0.717) is 0 Å². The molecular formula is C19H27NO6S. The van der Waals surface area contributed by atoms with E-state index in [1.807, 2.05) is 0 Å². The van der Waals surface area contributed by atoms with Crippen LogP contribution in [0.25, 0.3) is 0 Å². The standard InChI is InChI=1S/C19H27NO6S/c1-14(11-12-27(23,24)15-9-7-6-8-10-15)13-16(17(21)25-5)20-18(22)26-19(2,3)4/h6-12,14,16H,13H2,1-5H3,(H,20,22)/b12-11+/t14-,16+/m0/s1. The number of nitrogens with one attached hydrogen (secondary N) is 1. The minimum absolute atomic E-state index is 0.159. The average Bonchev–Trinajstić information content (AvgIpc) is 2.58. The highest BCUT2D eigenvalue weighted by Gasteiger charge is 2.26. The maximum Gasteiger partial charge on any atom is 0.408 e. The SMILES string of the molecule is COC(=O)[C@@H](C[C@@H](C)/C=C/S(=O)(=O)c1ccccc1)NC(=O)OC(C)(C)C. The topological polar surface area (TPSA) is 98.8 Å². The molecule has 0 heterocycles. The van der Waals surface area contributed by atoms with Gasteiger partial charge in [-0.1, -0.05) is 31.2 Å². The van der Waals surface area contributed by atoms with Gasteiger partial charge in [0.2, 0.25) is 0 Å². The van der Waals surface area contributed by atoms with Crippen LogP contribution in [0.5, 0.6) is 0 Å². The number of rotatable bonds is 7. The lowest BCUT2D eigenvalue weighted by Crippen LogP contribution is -2.44. The third-order valence-electron chi connectivity index (χ3n) is 3.44. The number of methoxy groups -OCH3 is 1. The molecule has 0 saturated heterocycles. The first-order valence-electron chi connectivity index (χ1n) is 8.50. The fraction of sp³-hybridized carbons (Fsp3) is 0.474. The van der Waals surface area contributed by atoms with Crippen LogP contribution in [0.4, 0.5) is 4.79 Å². The van der Waals surface area contributed by atoms with Crippen molar-refractivity contribution in [1.82, 2.24) is 5.32 Å². The zero-order valence-electron chi connectivity index (χ0n) is 16.3. The van der Waals surface area contributed by atoms with Crippen LogP contribution in [-0.2, 0) is 24.1 Å². The molecule has 1 amide bonds. The Hall–Kier alpha value is -2.35. The predicted molar refractivity (Wildman–Crippen MR) is 102 cm³/mol. The molecule has 0 aliphatic rings. The molecule has 1 N–H and O–H groups in total. The monoisotopic (exact) mass is 397 g/mol. The van der Waals surface area contributed by atoms with Crippen molar-refractivity contribution in [2.24, 2.45) is 5.92 Å². The smallest absolute Gasteiger partial charge is 0.408 e. The van der Waals surface area contributed by atoms with Gasteiger partial charge in [-0.05, 0) is 45.2 Å². The third-order valence-corrected chi connectivity index (χ3v) is 4.89. The number of carbonyl (C=O) groups excluding carboxylic acids is 2. The summed E-state index contributed by atoms with van der Waals surface area (Å²) < 4.78 is 34.4. The fourth-order valence-electron chi connectivity index (χ4n) is 2.18. The van der Waals surface area contributed by atoms with Crippen LogP contribution in [-0.4, -0.2) is 39.2 Å². The van der Waals surface area contributed by atoms with E-state index < -0.39 is 33.5 Å². The molecule has 0 spiro atoms. The van der Waals surface area contributed by atoms with Crippen LogP contribution in [0.2, 0.25) is 0 Å². The highest BCUT2D eigenvalue weighted by Crippen LogP contribution is 2.16. The van der Waals surface area contributed by atoms with E-state index in [1.165, 1.54) is 25.3 Å². The Morgan fingerprint density at radius 1 is 1.19 bits per heavy atom. The summed E-state index contributed by atoms with van der Waals surface area (Å²) in [5.41, 5.74) is -0.708. The van der Waals surface area contributed by atoms with Gasteiger partial charge in [-0.25, -0.2) is 18.0 Å². The predicted octanol–water partition coefficient (Wildman–Crippen LogP) is 3.07. The summed E-state index contributed by atoms with van der Waals surface area (Å²) in [7, 11) is -2.36. The lowest BCUT2D eigenvalue weighted by atomic mass is 10.0. The lowest BCUT2D eigenvalue weighted by Gasteiger charge is -2.23. The summed E-state index contributed by atoms with van der Waals surface area (Å²) in [5.74, 6) is -0.949. The van der Waals surface area contributed by atoms with E-state index in [2.05, 4.69) is 5.32 Å². The van der Waals surface area contributed by atoms with Crippen molar-refractivity contribution >= 4 is 21.9 Å². The summed E-state index contributed by atoms with van der Waals surface area (Å²) in [4.78, 5) is 24.0. The van der Waals surface area contributed by atoms with Gasteiger partial charge < -0.3 is 14.8 Å².